The standard InChI is InChI=1S/C21H30N2/c22-23-21(19-11-9-15-5-1-3-7-17(15)13-19)20-12-10-16-6-2-4-8-18(16)14-20/h7-8,15-16,19-20H,1-6,9-14H2/i1D2,2D2,3D2,4D2,5D2,6D2,9D2,10D2,11D2,12D2,13D2,14D2,15D,16D,19D,20D,21+1. The molecule has 0 N–H and O–H groups in total. The predicted octanol–water partition coefficient (Wildman–Crippen LogP) is 5.71. The van der Waals surface area contributed by atoms with E-state index in [2.05, 4.69) is 4.79 Å². The van der Waals surface area contributed by atoms with E-state index in [0.717, 1.165) is 0 Å². The van der Waals surface area contributed by atoms with E-state index in [1.165, 1.54) is 0 Å². The second-order valence-corrected chi connectivity index (χ2v) is 4.60. The van der Waals surface area contributed by atoms with Crippen molar-refractivity contribution >= 4 is 5.71 Å². The maximum absolute atomic E-state index is 10.4. The van der Waals surface area contributed by atoms with Crippen molar-refractivity contribution < 1.29 is 43.2 Å². The normalized spacial score (nSPS) is 93.9. The van der Waals surface area contributed by atoms with Crippen LogP contribution in [-0.4, -0.2) is 10.5 Å². The minimum absolute atomic E-state index is 0.170. The lowest BCUT2D eigenvalue weighted by atomic mass is 9.71. The summed E-state index contributed by atoms with van der Waals surface area (Å²) in [6, 6.07) is 0. The lowest BCUT2D eigenvalue weighted by Gasteiger charge is -2.36. The van der Waals surface area contributed by atoms with Crippen molar-refractivity contribution in [2.24, 2.45) is 23.6 Å². The molecule has 4 atom stereocenters. The summed E-state index contributed by atoms with van der Waals surface area (Å²) in [5.74, 6) is -17.8. The SMILES string of the molecule is [2H]C1([2H])C=C2C([2H])([2H])C([2H])([13C](=[N+]=[N-])C3([2H])C([2H])([2H])C4=CC([2H])([2H])C([2H])([2H])C([2H])([2H])C4([2H])C([2H])([2H])C3([2H])[2H])C([2H])([2H])C([2H])([2H])C2([2H])C([2H])([2H])C1([2H])[2H]. The number of allylic oxidation sites excluding steroid dienone is 4. The van der Waals surface area contributed by atoms with E-state index in [9.17, 15) is 8.27 Å². The van der Waals surface area contributed by atoms with Crippen LogP contribution in [0.5, 0.6) is 0 Å². The Labute approximate surface area is 180 Å². The smallest absolute Gasteiger partial charge is 0.275 e. The van der Waals surface area contributed by atoms with Crippen LogP contribution in [0.2, 0.25) is 0 Å². The fraction of sp³-hybridized carbons (Fsp3) is 0.762. The van der Waals surface area contributed by atoms with Gasteiger partial charge in [-0.25, -0.2) is 0 Å². The Hall–Kier alpha value is -1.14. The molecule has 2 fully saturated rings. The molecule has 0 aromatic rings. The zero-order chi connectivity index (χ0) is 40.9. The van der Waals surface area contributed by atoms with E-state index in [0.29, 0.717) is 0 Å². The summed E-state index contributed by atoms with van der Waals surface area (Å²) in [4.78, 5) is 2.46. The third-order valence-corrected chi connectivity index (χ3v) is 3.21. The minimum atomic E-state index is -4.72. The Bertz CT molecular complexity index is 1580. The van der Waals surface area contributed by atoms with E-state index < -0.39 is 117 Å². The maximum atomic E-state index is 10.4. The molecule has 4 aliphatic rings. The lowest BCUT2D eigenvalue weighted by molar-refractivity contribution is -0.0240. The fourth-order valence-electron chi connectivity index (χ4n) is 2.13. The van der Waals surface area contributed by atoms with Gasteiger partial charge in [-0.2, -0.15) is 4.79 Å². The van der Waals surface area contributed by atoms with Crippen LogP contribution in [-0.2, 0) is 0 Å². The van der Waals surface area contributed by atoms with Gasteiger partial charge in [-0.1, -0.05) is 23.3 Å². The Morgan fingerprint density at radius 1 is 0.913 bits per heavy atom. The largest absolute Gasteiger partial charge is 0.362 e. The Morgan fingerprint density at radius 2 is 1.43 bits per heavy atom. The quantitative estimate of drug-likeness (QED) is 0.203. The molecule has 0 heterocycles. The number of nitrogens with zero attached hydrogens (tertiary/aromatic N) is 2. The highest BCUT2D eigenvalue weighted by atomic mass is 15.0. The predicted molar refractivity (Wildman–Crippen MR) is 94.2 cm³/mol. The van der Waals surface area contributed by atoms with Crippen molar-refractivity contribution in [1.29, 1.82) is 0 Å². The molecule has 0 aliphatic heterocycles. The van der Waals surface area contributed by atoms with Crippen LogP contribution in [0.15, 0.2) is 23.3 Å². The Balaban J connectivity index is 2.26. The molecule has 0 bridgehead atoms. The first kappa shape index (κ1) is 3.40. The van der Waals surface area contributed by atoms with Crippen molar-refractivity contribution in [3.05, 3.63) is 28.8 Å². The van der Waals surface area contributed by atoms with Gasteiger partial charge in [0.05, 0.1) is 11.8 Å². The van der Waals surface area contributed by atoms with Crippen LogP contribution < -0.4 is 0 Å². The zero-order valence-electron chi connectivity index (χ0n) is 39.5. The highest BCUT2D eigenvalue weighted by Crippen LogP contribution is 2.44. The van der Waals surface area contributed by atoms with Crippen LogP contribution in [0.1, 0.15) is 115 Å². The molecule has 0 saturated heterocycles. The van der Waals surface area contributed by atoms with Crippen molar-refractivity contribution in [2.45, 2.75) is 76.5 Å². The topological polar surface area (TPSA) is 36.4 Å². The highest BCUT2D eigenvalue weighted by molar-refractivity contribution is 5.85. The summed E-state index contributed by atoms with van der Waals surface area (Å²) in [7, 11) is 0. The summed E-state index contributed by atoms with van der Waals surface area (Å²) < 4.78 is 241. The second kappa shape index (κ2) is 6.77. The molecule has 4 rings (SSSR count). The molecule has 0 amide bonds. The summed E-state index contributed by atoms with van der Waals surface area (Å²) in [6.07, 6.45) is -51.5. The molecule has 4 unspecified atom stereocenters. The van der Waals surface area contributed by atoms with Gasteiger partial charge < -0.3 is 5.53 Å². The third-order valence-electron chi connectivity index (χ3n) is 3.21. The second-order valence-electron chi connectivity index (χ2n) is 4.60. The Morgan fingerprint density at radius 3 is 1.91 bits per heavy atom. The van der Waals surface area contributed by atoms with E-state index in [1.54, 1.807) is 0 Å². The van der Waals surface area contributed by atoms with Crippen molar-refractivity contribution in [1.82, 2.24) is 0 Å². The van der Waals surface area contributed by atoms with E-state index in [1.807, 2.05) is 0 Å². The van der Waals surface area contributed by atoms with Crippen molar-refractivity contribution in [2.75, 3.05) is 0 Å². The van der Waals surface area contributed by atoms with E-state index in [-0.39, 0.29) is 12.2 Å². The number of rotatable bonds is 2. The van der Waals surface area contributed by atoms with Crippen molar-refractivity contribution in [3.8, 4) is 0 Å². The van der Waals surface area contributed by atoms with Gasteiger partial charge in [0.15, 0.2) is 0 Å². The summed E-state index contributed by atoms with van der Waals surface area (Å²) in [5.41, 5.74) is 4.14. The summed E-state index contributed by atoms with van der Waals surface area (Å²) in [6.45, 7) is 0. The van der Waals surface area contributed by atoms with Gasteiger partial charge in [0.2, 0.25) is 0 Å². The van der Waals surface area contributed by atoms with Gasteiger partial charge in [0.25, 0.3) is 5.71 Å². The monoisotopic (exact) mass is 339 g/mol. The third kappa shape index (κ3) is 3.11. The molecule has 0 radical (unpaired) electrons. The van der Waals surface area contributed by atoms with E-state index in [4.69, 9.17) is 35.6 Å². The van der Waals surface area contributed by atoms with Gasteiger partial charge in [-0.3, -0.25) is 0 Å². The first-order chi connectivity index (χ1) is 21.9. The fourth-order valence-corrected chi connectivity index (χ4v) is 2.13. The molecular weight excluding hydrogens is 281 g/mol. The van der Waals surface area contributed by atoms with Crippen LogP contribution >= 0.6 is 0 Å². The molecule has 0 aromatic carbocycles. The average molecular weight is 340 g/mol. The number of hydrogen-bond donors (Lipinski definition) is 0. The summed E-state index contributed by atoms with van der Waals surface area (Å²) in [5, 5.41) is 0. The van der Waals surface area contributed by atoms with Crippen LogP contribution in [0.25, 0.3) is 5.53 Å². The molecule has 2 saturated carbocycles. The van der Waals surface area contributed by atoms with Gasteiger partial charge in [0.1, 0.15) is 0 Å². The average Bonchev–Trinajstić information content (AvgIpc) is 2.94. The van der Waals surface area contributed by atoms with Gasteiger partial charge >= 0.3 is 0 Å². The highest BCUT2D eigenvalue weighted by Gasteiger charge is 2.40. The Kier molecular flexibility index (Phi) is 1.00. The van der Waals surface area contributed by atoms with Crippen LogP contribution in [0, 0.1) is 23.6 Å². The zero-order valence-corrected chi connectivity index (χ0v) is 11.5. The molecule has 124 valence electrons. The molecule has 0 spiro atoms. The van der Waals surface area contributed by atoms with Crippen molar-refractivity contribution in [3.63, 3.8) is 0 Å². The molecular formula is C21H30N2. The first-order valence-electron chi connectivity index (χ1n) is 20.6. The first-order valence-corrected chi connectivity index (χ1v) is 6.58. The lowest BCUT2D eigenvalue weighted by Crippen LogP contribution is -2.33. The minimum Gasteiger partial charge on any atom is -0.362 e. The van der Waals surface area contributed by atoms with Crippen LogP contribution in [0.3, 0.4) is 0 Å². The van der Waals surface area contributed by atoms with Gasteiger partial charge in [0, 0.05) is 38.4 Å². The van der Waals surface area contributed by atoms with E-state index >= 15 is 0 Å². The molecule has 2 nitrogen and oxygen atoms in total. The number of fused-ring (bicyclic) bond motifs is 2. The molecule has 4 aliphatic carbocycles. The van der Waals surface area contributed by atoms with Gasteiger partial charge in [-0.15, -0.1) is 0 Å². The summed E-state index contributed by atoms with van der Waals surface area (Å²) >= 11 is 0. The molecule has 0 aromatic heterocycles. The molecule has 23 heavy (non-hydrogen) atoms. The number of hydrogen-bond acceptors (Lipinski definition) is 0. The molecule has 2 heteroatoms. The maximum Gasteiger partial charge on any atom is 0.275 e. The van der Waals surface area contributed by atoms with Crippen LogP contribution in [0.4, 0.5) is 0 Å². The van der Waals surface area contributed by atoms with Gasteiger partial charge in [-0.05, 0) is 88.3 Å².